The van der Waals surface area contributed by atoms with Gasteiger partial charge in [-0.05, 0) is 18.2 Å². The quantitative estimate of drug-likeness (QED) is 0.746. The molecule has 5 nitrogen and oxygen atoms in total. The molecule has 0 bridgehead atoms. The summed E-state index contributed by atoms with van der Waals surface area (Å²) in [5, 5.41) is 0.139. The van der Waals surface area contributed by atoms with Crippen molar-refractivity contribution in [3.8, 4) is 5.75 Å². The second-order valence-electron chi connectivity index (χ2n) is 4.42. The van der Waals surface area contributed by atoms with Gasteiger partial charge < -0.3 is 4.74 Å². The molecule has 0 aliphatic carbocycles. The van der Waals surface area contributed by atoms with Gasteiger partial charge in [0.2, 0.25) is 0 Å². The van der Waals surface area contributed by atoms with Crippen LogP contribution in [-0.2, 0) is 0 Å². The standard InChI is InChI=1S/C14H8F3N3O2S/c15-14(16,17)22-9-4-5-10-11(8-9)23-13(18-10)12(21)19-20-6-2-1-3-7-20/h1-8H/p+1. The Labute approximate surface area is 131 Å². The van der Waals surface area contributed by atoms with Crippen LogP contribution in [0.25, 0.3) is 10.2 Å². The first-order valence-corrected chi connectivity index (χ1v) is 7.16. The van der Waals surface area contributed by atoms with Gasteiger partial charge in [0.1, 0.15) is 5.75 Å². The van der Waals surface area contributed by atoms with E-state index in [-0.39, 0.29) is 10.8 Å². The minimum atomic E-state index is -4.76. The number of ether oxygens (including phenoxy) is 1. The number of nitrogens with zero attached hydrogens (tertiary/aromatic N) is 2. The van der Waals surface area contributed by atoms with Crippen molar-refractivity contribution >= 4 is 27.5 Å². The zero-order chi connectivity index (χ0) is 16.4. The SMILES string of the molecule is O=C(N[n+]1ccccc1)c1nc2ccc(OC(F)(F)F)cc2s1. The second-order valence-corrected chi connectivity index (χ2v) is 5.45. The van der Waals surface area contributed by atoms with Crippen molar-refractivity contribution < 1.29 is 27.4 Å². The summed E-state index contributed by atoms with van der Waals surface area (Å²) in [5.74, 6) is -0.807. The van der Waals surface area contributed by atoms with Gasteiger partial charge >= 0.3 is 12.3 Å². The molecule has 2 heterocycles. The Bertz CT molecular complexity index is 849. The predicted octanol–water partition coefficient (Wildman–Crippen LogP) is 2.87. The van der Waals surface area contributed by atoms with Gasteiger partial charge in [-0.2, -0.15) is 0 Å². The Morgan fingerprint density at radius 2 is 1.96 bits per heavy atom. The number of thiazole rings is 1. The fourth-order valence-corrected chi connectivity index (χ4v) is 2.72. The van der Waals surface area contributed by atoms with Gasteiger partial charge in [0.15, 0.2) is 17.4 Å². The Morgan fingerprint density at radius 3 is 2.65 bits per heavy atom. The topological polar surface area (TPSA) is 55.1 Å². The molecule has 9 heteroatoms. The average molecular weight is 340 g/mol. The van der Waals surface area contributed by atoms with Crippen LogP contribution in [0.15, 0.2) is 48.8 Å². The lowest BCUT2D eigenvalue weighted by Crippen LogP contribution is -2.47. The zero-order valence-electron chi connectivity index (χ0n) is 11.4. The van der Waals surface area contributed by atoms with Gasteiger partial charge in [0.25, 0.3) is 0 Å². The highest BCUT2D eigenvalue weighted by Crippen LogP contribution is 2.29. The van der Waals surface area contributed by atoms with E-state index in [0.717, 1.165) is 17.4 Å². The van der Waals surface area contributed by atoms with Gasteiger partial charge in [-0.3, -0.25) is 4.79 Å². The number of rotatable bonds is 3. The Hall–Kier alpha value is -2.68. The number of nitrogens with one attached hydrogen (secondary N) is 1. The highest BCUT2D eigenvalue weighted by atomic mass is 32.1. The lowest BCUT2D eigenvalue weighted by Gasteiger charge is -2.07. The average Bonchev–Trinajstić information content (AvgIpc) is 2.90. The molecule has 0 saturated carbocycles. The molecule has 0 spiro atoms. The summed E-state index contributed by atoms with van der Waals surface area (Å²) >= 11 is 0.981. The number of amides is 1. The number of hydrogen-bond donors (Lipinski definition) is 1. The van der Waals surface area contributed by atoms with E-state index < -0.39 is 12.3 Å². The predicted molar refractivity (Wildman–Crippen MR) is 76.6 cm³/mol. The number of fused-ring (bicyclic) bond motifs is 1. The van der Waals surface area contributed by atoms with Crippen LogP contribution in [0, 0.1) is 0 Å². The van der Waals surface area contributed by atoms with Crippen molar-refractivity contribution in [3.63, 3.8) is 0 Å². The summed E-state index contributed by atoms with van der Waals surface area (Å²) in [7, 11) is 0. The van der Waals surface area contributed by atoms with Crippen LogP contribution in [0.4, 0.5) is 13.2 Å². The number of alkyl halides is 3. The molecule has 118 valence electrons. The van der Waals surface area contributed by atoms with Crippen molar-refractivity contribution in [2.24, 2.45) is 0 Å². The highest BCUT2D eigenvalue weighted by Gasteiger charge is 2.31. The number of aromatic nitrogens is 2. The van der Waals surface area contributed by atoms with Gasteiger partial charge in [-0.15, -0.1) is 29.9 Å². The molecule has 3 rings (SSSR count). The van der Waals surface area contributed by atoms with E-state index >= 15 is 0 Å². The van der Waals surface area contributed by atoms with E-state index in [1.807, 2.05) is 0 Å². The smallest absolute Gasteiger partial charge is 0.406 e. The van der Waals surface area contributed by atoms with Crippen LogP contribution in [-0.4, -0.2) is 17.3 Å². The van der Waals surface area contributed by atoms with Crippen molar-refractivity contribution in [1.29, 1.82) is 0 Å². The lowest BCUT2D eigenvalue weighted by molar-refractivity contribution is -0.641. The third-order valence-corrected chi connectivity index (χ3v) is 3.75. The summed E-state index contributed by atoms with van der Waals surface area (Å²) in [6, 6.07) is 9.00. The van der Waals surface area contributed by atoms with Crippen LogP contribution < -0.4 is 14.8 Å². The fourth-order valence-electron chi connectivity index (χ4n) is 1.84. The molecule has 1 aromatic carbocycles. The first kappa shape index (κ1) is 15.2. The Morgan fingerprint density at radius 1 is 1.22 bits per heavy atom. The molecule has 1 N–H and O–H groups in total. The number of carbonyl (C=O) groups is 1. The van der Waals surface area contributed by atoms with Crippen LogP contribution in [0.1, 0.15) is 9.80 Å². The molecule has 0 radical (unpaired) electrons. The van der Waals surface area contributed by atoms with Crippen LogP contribution >= 0.6 is 11.3 Å². The van der Waals surface area contributed by atoms with E-state index in [1.54, 1.807) is 30.6 Å². The summed E-state index contributed by atoms with van der Waals surface area (Å²) < 4.78 is 42.4. The maximum absolute atomic E-state index is 12.2. The molecular formula is C14H9F3N3O2S+. The maximum atomic E-state index is 12.2. The van der Waals surface area contributed by atoms with Crippen molar-refractivity contribution in [2.75, 3.05) is 5.43 Å². The van der Waals surface area contributed by atoms with Crippen molar-refractivity contribution in [3.05, 3.63) is 53.8 Å². The summed E-state index contributed by atoms with van der Waals surface area (Å²) in [6.07, 6.45) is -1.48. The summed E-state index contributed by atoms with van der Waals surface area (Å²) in [5.41, 5.74) is 3.01. The van der Waals surface area contributed by atoms with Crippen LogP contribution in [0.2, 0.25) is 0 Å². The minimum absolute atomic E-state index is 0.139. The number of hydrogen-bond acceptors (Lipinski definition) is 4. The van der Waals surface area contributed by atoms with Crippen LogP contribution in [0.3, 0.4) is 0 Å². The second kappa shape index (κ2) is 5.84. The number of pyridine rings is 1. The van der Waals surface area contributed by atoms with E-state index in [4.69, 9.17) is 0 Å². The van der Waals surface area contributed by atoms with Crippen molar-refractivity contribution in [1.82, 2.24) is 4.98 Å². The fraction of sp³-hybridized carbons (Fsp3) is 0.0714. The number of halogens is 3. The largest absolute Gasteiger partial charge is 0.573 e. The first-order valence-electron chi connectivity index (χ1n) is 6.35. The molecular weight excluding hydrogens is 331 g/mol. The molecule has 1 amide bonds. The van der Waals surface area contributed by atoms with E-state index in [0.29, 0.717) is 10.2 Å². The highest BCUT2D eigenvalue weighted by molar-refractivity contribution is 7.20. The van der Waals surface area contributed by atoms with Gasteiger partial charge in [-0.25, -0.2) is 4.98 Å². The van der Waals surface area contributed by atoms with E-state index in [1.165, 1.54) is 16.8 Å². The third kappa shape index (κ3) is 3.75. The molecule has 0 aliphatic rings. The molecule has 23 heavy (non-hydrogen) atoms. The number of carbonyl (C=O) groups excluding carboxylic acids is 1. The normalized spacial score (nSPS) is 11.4. The molecule has 2 aromatic heterocycles. The molecule has 0 atom stereocenters. The van der Waals surface area contributed by atoms with E-state index in [2.05, 4.69) is 15.1 Å². The summed E-state index contributed by atoms with van der Waals surface area (Å²) in [6.45, 7) is 0. The first-order chi connectivity index (χ1) is 10.9. The minimum Gasteiger partial charge on any atom is -0.406 e. The van der Waals surface area contributed by atoms with Gasteiger partial charge in [-0.1, -0.05) is 10.7 Å². The molecule has 0 unspecified atom stereocenters. The summed E-state index contributed by atoms with van der Waals surface area (Å²) in [4.78, 5) is 16.2. The Kier molecular flexibility index (Phi) is 3.87. The Balaban J connectivity index is 1.83. The van der Waals surface area contributed by atoms with E-state index in [9.17, 15) is 18.0 Å². The van der Waals surface area contributed by atoms with Crippen molar-refractivity contribution in [2.45, 2.75) is 6.36 Å². The lowest BCUT2D eigenvalue weighted by atomic mass is 10.3. The van der Waals surface area contributed by atoms with Gasteiger partial charge in [0.05, 0.1) is 10.2 Å². The number of benzene rings is 1. The van der Waals surface area contributed by atoms with Gasteiger partial charge in [0, 0.05) is 12.1 Å². The monoisotopic (exact) mass is 340 g/mol. The molecule has 0 fully saturated rings. The third-order valence-electron chi connectivity index (χ3n) is 2.73. The molecule has 0 aliphatic heterocycles. The maximum Gasteiger partial charge on any atom is 0.573 e. The van der Waals surface area contributed by atoms with Crippen LogP contribution in [0.5, 0.6) is 5.75 Å². The molecule has 0 saturated heterocycles. The molecule has 3 aromatic rings. The zero-order valence-corrected chi connectivity index (χ0v) is 12.2.